The average molecular weight is 370 g/mol. The van der Waals surface area contributed by atoms with Crippen molar-refractivity contribution in [1.82, 2.24) is 10.2 Å². The lowest BCUT2D eigenvalue weighted by molar-refractivity contribution is -0.133. The van der Waals surface area contributed by atoms with E-state index >= 15 is 0 Å². The van der Waals surface area contributed by atoms with Crippen LogP contribution in [0.4, 0.5) is 4.39 Å². The summed E-state index contributed by atoms with van der Waals surface area (Å²) in [5, 5.41) is 2.84. The van der Waals surface area contributed by atoms with Crippen molar-refractivity contribution in [2.24, 2.45) is 0 Å². The van der Waals surface area contributed by atoms with Crippen molar-refractivity contribution >= 4 is 11.8 Å². The molecule has 0 spiro atoms. The van der Waals surface area contributed by atoms with Crippen molar-refractivity contribution in [1.29, 1.82) is 0 Å². The molecule has 0 aromatic heterocycles. The van der Waals surface area contributed by atoms with Gasteiger partial charge in [0.2, 0.25) is 5.91 Å². The fraction of sp³-hybridized carbons (Fsp3) is 0.333. The van der Waals surface area contributed by atoms with Gasteiger partial charge in [-0.3, -0.25) is 9.59 Å². The minimum Gasteiger partial charge on any atom is -0.496 e. The Bertz CT molecular complexity index is 825. The molecule has 6 heteroatoms. The fourth-order valence-electron chi connectivity index (χ4n) is 3.32. The summed E-state index contributed by atoms with van der Waals surface area (Å²) >= 11 is 0. The third-order valence-electron chi connectivity index (χ3n) is 4.70. The van der Waals surface area contributed by atoms with E-state index in [0.29, 0.717) is 30.8 Å². The molecule has 0 aliphatic carbocycles. The summed E-state index contributed by atoms with van der Waals surface area (Å²) in [6, 6.07) is 12.6. The second-order valence-corrected chi connectivity index (χ2v) is 6.61. The molecule has 1 aliphatic heterocycles. The molecule has 1 atom stereocenters. The molecule has 1 heterocycles. The number of ether oxygens (including phenoxy) is 1. The molecule has 142 valence electrons. The molecular formula is C21H23FN2O3. The minimum absolute atomic E-state index is 0.139. The van der Waals surface area contributed by atoms with Crippen molar-refractivity contribution < 1.29 is 18.7 Å². The first-order valence-corrected chi connectivity index (χ1v) is 9.05. The van der Waals surface area contributed by atoms with Crippen molar-refractivity contribution in [3.63, 3.8) is 0 Å². The lowest BCUT2D eigenvalue weighted by Crippen LogP contribution is -2.47. The monoisotopic (exact) mass is 370 g/mol. The van der Waals surface area contributed by atoms with E-state index in [1.165, 1.54) is 19.2 Å². The summed E-state index contributed by atoms with van der Waals surface area (Å²) < 4.78 is 18.7. The van der Waals surface area contributed by atoms with Gasteiger partial charge in [0.1, 0.15) is 17.6 Å². The molecule has 2 amide bonds. The number of rotatable bonds is 5. The van der Waals surface area contributed by atoms with Gasteiger partial charge in [0.25, 0.3) is 5.91 Å². The number of halogens is 1. The molecule has 27 heavy (non-hydrogen) atoms. The smallest absolute Gasteiger partial charge is 0.255 e. The first-order valence-electron chi connectivity index (χ1n) is 9.05. The maximum absolute atomic E-state index is 13.4. The van der Waals surface area contributed by atoms with Gasteiger partial charge in [-0.15, -0.1) is 0 Å². The molecule has 0 radical (unpaired) electrons. The Balaban J connectivity index is 1.73. The van der Waals surface area contributed by atoms with Crippen LogP contribution in [0.2, 0.25) is 0 Å². The van der Waals surface area contributed by atoms with Crippen LogP contribution >= 0.6 is 0 Å². The second-order valence-electron chi connectivity index (χ2n) is 6.61. The average Bonchev–Trinajstić information content (AvgIpc) is 2.84. The lowest BCUT2D eigenvalue weighted by Gasteiger charge is -2.25. The summed E-state index contributed by atoms with van der Waals surface area (Å²) in [6.07, 6.45) is 2.27. The molecular weight excluding hydrogens is 347 g/mol. The van der Waals surface area contributed by atoms with Crippen molar-refractivity contribution in [2.45, 2.75) is 31.8 Å². The number of methoxy groups -OCH3 is 1. The molecule has 2 aromatic carbocycles. The predicted molar refractivity (Wildman–Crippen MR) is 99.9 cm³/mol. The quantitative estimate of drug-likeness (QED) is 0.880. The van der Waals surface area contributed by atoms with Crippen LogP contribution in [0, 0.1) is 5.82 Å². The first-order chi connectivity index (χ1) is 13.1. The van der Waals surface area contributed by atoms with Gasteiger partial charge in [0, 0.05) is 13.1 Å². The Hall–Kier alpha value is -2.89. The summed E-state index contributed by atoms with van der Waals surface area (Å²) in [5.41, 5.74) is 1.13. The van der Waals surface area contributed by atoms with Gasteiger partial charge in [0.05, 0.1) is 12.7 Å². The van der Waals surface area contributed by atoms with Crippen molar-refractivity contribution in [3.05, 3.63) is 65.5 Å². The molecule has 3 rings (SSSR count). The summed E-state index contributed by atoms with van der Waals surface area (Å²) in [4.78, 5) is 27.3. The number of amides is 2. The Morgan fingerprint density at radius 2 is 2.04 bits per heavy atom. The number of likely N-dealkylation sites (tertiary alicyclic amines) is 1. The van der Waals surface area contributed by atoms with Crippen LogP contribution in [0.1, 0.15) is 35.2 Å². The number of carbonyl (C=O) groups is 2. The number of hydrogen-bond acceptors (Lipinski definition) is 3. The van der Waals surface area contributed by atoms with Crippen LogP contribution in [0.25, 0.3) is 0 Å². The SMILES string of the molecule is COc1ccccc1C(=O)NC1CCCCN(Cc2cccc(F)c2)C1=O. The lowest BCUT2D eigenvalue weighted by atomic mass is 10.1. The first kappa shape index (κ1) is 18.9. The number of nitrogens with zero attached hydrogens (tertiary/aromatic N) is 1. The molecule has 0 bridgehead atoms. The third kappa shape index (κ3) is 4.64. The predicted octanol–water partition coefficient (Wildman–Crippen LogP) is 3.15. The van der Waals surface area contributed by atoms with Crippen LogP contribution in [0.15, 0.2) is 48.5 Å². The highest BCUT2D eigenvalue weighted by molar-refractivity contribution is 5.99. The number of para-hydroxylation sites is 1. The molecule has 0 saturated carbocycles. The van der Waals surface area contributed by atoms with Gasteiger partial charge in [-0.25, -0.2) is 4.39 Å². The van der Waals surface area contributed by atoms with Crippen LogP contribution in [0.3, 0.4) is 0 Å². The number of carbonyl (C=O) groups excluding carboxylic acids is 2. The van der Waals surface area contributed by atoms with E-state index in [-0.39, 0.29) is 17.6 Å². The van der Waals surface area contributed by atoms with Gasteiger partial charge >= 0.3 is 0 Å². The molecule has 1 saturated heterocycles. The number of nitrogens with one attached hydrogen (secondary N) is 1. The standard InChI is InChI=1S/C21H23FN2O3/c1-27-19-11-3-2-9-17(19)20(25)23-18-10-4-5-12-24(21(18)26)14-15-7-6-8-16(22)13-15/h2-3,6-9,11,13,18H,4-5,10,12,14H2,1H3,(H,23,25). The van der Waals surface area contributed by atoms with Crippen LogP contribution < -0.4 is 10.1 Å². The Morgan fingerprint density at radius 3 is 2.81 bits per heavy atom. The Kier molecular flexibility index (Phi) is 6.06. The van der Waals surface area contributed by atoms with Crippen LogP contribution in [-0.4, -0.2) is 36.4 Å². The fourth-order valence-corrected chi connectivity index (χ4v) is 3.32. The zero-order valence-electron chi connectivity index (χ0n) is 15.3. The highest BCUT2D eigenvalue weighted by Gasteiger charge is 2.29. The maximum Gasteiger partial charge on any atom is 0.255 e. The zero-order valence-corrected chi connectivity index (χ0v) is 15.3. The number of benzene rings is 2. The molecule has 2 aromatic rings. The van der Waals surface area contributed by atoms with Gasteiger partial charge in [-0.1, -0.05) is 24.3 Å². The van der Waals surface area contributed by atoms with E-state index < -0.39 is 6.04 Å². The van der Waals surface area contributed by atoms with Gasteiger partial charge in [0.15, 0.2) is 0 Å². The molecule has 1 unspecified atom stereocenters. The highest BCUT2D eigenvalue weighted by Crippen LogP contribution is 2.20. The normalized spacial score (nSPS) is 17.3. The van der Waals surface area contributed by atoms with Gasteiger partial charge < -0.3 is 15.0 Å². The second kappa shape index (κ2) is 8.66. The summed E-state index contributed by atoms with van der Waals surface area (Å²) in [5.74, 6) is -0.332. The van der Waals surface area contributed by atoms with Crippen LogP contribution in [-0.2, 0) is 11.3 Å². The van der Waals surface area contributed by atoms with E-state index in [4.69, 9.17) is 4.74 Å². The van der Waals surface area contributed by atoms with E-state index in [1.54, 1.807) is 41.3 Å². The van der Waals surface area contributed by atoms with E-state index in [1.807, 2.05) is 0 Å². The molecule has 1 fully saturated rings. The van der Waals surface area contributed by atoms with Crippen molar-refractivity contribution in [3.8, 4) is 5.75 Å². The van der Waals surface area contributed by atoms with Gasteiger partial charge in [-0.05, 0) is 49.1 Å². The third-order valence-corrected chi connectivity index (χ3v) is 4.70. The Labute approximate surface area is 158 Å². The van der Waals surface area contributed by atoms with Crippen molar-refractivity contribution in [2.75, 3.05) is 13.7 Å². The Morgan fingerprint density at radius 1 is 1.22 bits per heavy atom. The number of hydrogen-bond donors (Lipinski definition) is 1. The van der Waals surface area contributed by atoms with E-state index in [0.717, 1.165) is 18.4 Å². The topological polar surface area (TPSA) is 58.6 Å². The summed E-state index contributed by atoms with van der Waals surface area (Å²) in [6.45, 7) is 0.925. The summed E-state index contributed by atoms with van der Waals surface area (Å²) in [7, 11) is 1.50. The largest absolute Gasteiger partial charge is 0.496 e. The zero-order chi connectivity index (χ0) is 19.2. The van der Waals surface area contributed by atoms with Crippen LogP contribution in [0.5, 0.6) is 5.75 Å². The molecule has 1 aliphatic rings. The molecule has 5 nitrogen and oxygen atoms in total. The highest BCUT2D eigenvalue weighted by atomic mass is 19.1. The van der Waals surface area contributed by atoms with E-state index in [2.05, 4.69) is 5.32 Å². The van der Waals surface area contributed by atoms with E-state index in [9.17, 15) is 14.0 Å². The minimum atomic E-state index is -0.599. The van der Waals surface area contributed by atoms with Gasteiger partial charge in [-0.2, -0.15) is 0 Å². The molecule has 1 N–H and O–H groups in total. The maximum atomic E-state index is 13.4.